The summed E-state index contributed by atoms with van der Waals surface area (Å²) in [6.45, 7) is 0.873. The molecule has 4 heteroatoms. The minimum absolute atomic E-state index is 0.342. The molecule has 84 valence electrons. The Hall–Kier alpha value is -1.18. The Labute approximate surface area is 99.6 Å². The third kappa shape index (κ3) is 2.69. The van der Waals surface area contributed by atoms with Gasteiger partial charge in [0, 0.05) is 22.9 Å². The van der Waals surface area contributed by atoms with Crippen LogP contribution in [-0.4, -0.2) is 18.5 Å². The van der Waals surface area contributed by atoms with Gasteiger partial charge in [-0.15, -0.1) is 11.8 Å². The van der Waals surface area contributed by atoms with Crippen LogP contribution in [0.4, 0.5) is 5.69 Å². The predicted molar refractivity (Wildman–Crippen MR) is 65.3 cm³/mol. The topological polar surface area (TPSA) is 59.0 Å². The summed E-state index contributed by atoms with van der Waals surface area (Å²) in [7, 11) is 0. The lowest BCUT2D eigenvalue weighted by atomic mass is 10.2. The van der Waals surface area contributed by atoms with E-state index in [0.717, 1.165) is 30.1 Å². The van der Waals surface area contributed by atoms with Crippen LogP contribution in [0.1, 0.15) is 18.4 Å². The highest BCUT2D eigenvalue weighted by Gasteiger charge is 2.16. The number of anilines is 1. The second kappa shape index (κ2) is 5.24. The molecule has 3 nitrogen and oxygen atoms in total. The number of hydrogen-bond donors (Lipinski definition) is 1. The molecule has 1 atom stereocenters. The highest BCUT2D eigenvalue weighted by Crippen LogP contribution is 2.27. The van der Waals surface area contributed by atoms with Gasteiger partial charge < -0.3 is 10.5 Å². The molecular formula is C12H14N2OS. The van der Waals surface area contributed by atoms with Gasteiger partial charge in [0.2, 0.25) is 0 Å². The number of nitrogens with zero attached hydrogens (tertiary/aromatic N) is 1. The lowest BCUT2D eigenvalue weighted by Gasteiger charge is -2.09. The van der Waals surface area contributed by atoms with Crippen molar-refractivity contribution in [3.63, 3.8) is 0 Å². The molecule has 1 aliphatic heterocycles. The molecular weight excluding hydrogens is 220 g/mol. The van der Waals surface area contributed by atoms with Crippen LogP contribution < -0.4 is 5.73 Å². The molecule has 0 aliphatic carbocycles. The maximum atomic E-state index is 8.98. The van der Waals surface area contributed by atoms with Crippen LogP contribution in [0.3, 0.4) is 0 Å². The molecule has 2 rings (SSSR count). The van der Waals surface area contributed by atoms with Crippen LogP contribution >= 0.6 is 11.8 Å². The first kappa shape index (κ1) is 11.3. The van der Waals surface area contributed by atoms with E-state index in [1.807, 2.05) is 12.1 Å². The number of hydrogen-bond acceptors (Lipinski definition) is 4. The quantitative estimate of drug-likeness (QED) is 0.644. The van der Waals surface area contributed by atoms with Crippen molar-refractivity contribution in [3.8, 4) is 6.07 Å². The van der Waals surface area contributed by atoms with Gasteiger partial charge in [-0.2, -0.15) is 5.26 Å². The molecule has 16 heavy (non-hydrogen) atoms. The number of benzene rings is 1. The third-order valence-electron chi connectivity index (χ3n) is 2.57. The smallest absolute Gasteiger partial charge is 0.100 e. The fourth-order valence-electron chi connectivity index (χ4n) is 1.72. The number of ether oxygens (including phenoxy) is 1. The summed E-state index contributed by atoms with van der Waals surface area (Å²) in [5.41, 5.74) is 6.93. The Morgan fingerprint density at radius 1 is 1.56 bits per heavy atom. The molecule has 0 radical (unpaired) electrons. The summed E-state index contributed by atoms with van der Waals surface area (Å²) in [5.74, 6) is 0.915. The Balaban J connectivity index is 2.00. The fourth-order valence-corrected chi connectivity index (χ4v) is 2.77. The molecule has 0 saturated carbocycles. The number of nitrogens with two attached hydrogens (primary N) is 1. The molecule has 1 aliphatic rings. The van der Waals surface area contributed by atoms with Gasteiger partial charge >= 0.3 is 0 Å². The molecule has 0 amide bonds. The first-order valence-electron chi connectivity index (χ1n) is 5.33. The SMILES string of the molecule is N#Cc1cc(N)ccc1SCC1CCCO1. The van der Waals surface area contributed by atoms with Crippen LogP contribution in [0.5, 0.6) is 0 Å². The van der Waals surface area contributed by atoms with Crippen LogP contribution in [0, 0.1) is 11.3 Å². The van der Waals surface area contributed by atoms with Crippen LogP contribution in [0.2, 0.25) is 0 Å². The average Bonchev–Trinajstić information content (AvgIpc) is 2.80. The van der Waals surface area contributed by atoms with E-state index in [4.69, 9.17) is 15.7 Å². The van der Waals surface area contributed by atoms with Gasteiger partial charge in [-0.1, -0.05) is 0 Å². The van der Waals surface area contributed by atoms with E-state index in [1.165, 1.54) is 0 Å². The van der Waals surface area contributed by atoms with Gasteiger partial charge in [0.15, 0.2) is 0 Å². The van der Waals surface area contributed by atoms with E-state index in [2.05, 4.69) is 6.07 Å². The van der Waals surface area contributed by atoms with Crippen molar-refractivity contribution < 1.29 is 4.74 Å². The summed E-state index contributed by atoms with van der Waals surface area (Å²) < 4.78 is 5.54. The number of nitrogen functional groups attached to an aromatic ring is 1. The predicted octanol–water partition coefficient (Wildman–Crippen LogP) is 2.41. The minimum Gasteiger partial charge on any atom is -0.399 e. The van der Waals surface area contributed by atoms with Crippen molar-refractivity contribution in [2.24, 2.45) is 0 Å². The molecule has 2 N–H and O–H groups in total. The maximum Gasteiger partial charge on any atom is 0.100 e. The molecule has 0 spiro atoms. The van der Waals surface area contributed by atoms with Gasteiger partial charge in [-0.05, 0) is 31.0 Å². The second-order valence-corrected chi connectivity index (χ2v) is 4.88. The minimum atomic E-state index is 0.342. The second-order valence-electron chi connectivity index (χ2n) is 3.81. The van der Waals surface area contributed by atoms with Gasteiger partial charge in [0.25, 0.3) is 0 Å². The van der Waals surface area contributed by atoms with Crippen molar-refractivity contribution in [2.45, 2.75) is 23.8 Å². The summed E-state index contributed by atoms with van der Waals surface area (Å²) in [6, 6.07) is 7.63. The van der Waals surface area contributed by atoms with Crippen LogP contribution in [0.25, 0.3) is 0 Å². The van der Waals surface area contributed by atoms with E-state index < -0.39 is 0 Å². The molecule has 0 bridgehead atoms. The molecule has 1 fully saturated rings. The Bertz CT molecular complexity index is 408. The van der Waals surface area contributed by atoms with E-state index in [-0.39, 0.29) is 0 Å². The molecule has 1 saturated heterocycles. The Morgan fingerprint density at radius 3 is 3.12 bits per heavy atom. The monoisotopic (exact) mass is 234 g/mol. The van der Waals surface area contributed by atoms with Crippen LogP contribution in [-0.2, 0) is 4.74 Å². The van der Waals surface area contributed by atoms with E-state index >= 15 is 0 Å². The van der Waals surface area contributed by atoms with Gasteiger partial charge in [-0.3, -0.25) is 0 Å². The van der Waals surface area contributed by atoms with Crippen molar-refractivity contribution in [2.75, 3.05) is 18.1 Å². The van der Waals surface area contributed by atoms with E-state index in [9.17, 15) is 0 Å². The van der Waals surface area contributed by atoms with Gasteiger partial charge in [0.1, 0.15) is 6.07 Å². The first-order valence-corrected chi connectivity index (χ1v) is 6.32. The van der Waals surface area contributed by atoms with Crippen molar-refractivity contribution >= 4 is 17.4 Å². The normalized spacial score (nSPS) is 19.6. The lowest BCUT2D eigenvalue weighted by molar-refractivity contribution is 0.129. The largest absolute Gasteiger partial charge is 0.399 e. The van der Waals surface area contributed by atoms with Gasteiger partial charge in [-0.25, -0.2) is 0 Å². The maximum absolute atomic E-state index is 8.98. The first-order chi connectivity index (χ1) is 7.79. The number of rotatable bonds is 3. The summed E-state index contributed by atoms with van der Waals surface area (Å²) in [6.07, 6.45) is 2.62. The molecule has 1 aromatic rings. The number of thioether (sulfide) groups is 1. The molecule has 1 heterocycles. The molecule has 1 aromatic carbocycles. The zero-order chi connectivity index (χ0) is 11.4. The molecule has 1 unspecified atom stereocenters. The van der Waals surface area contributed by atoms with E-state index in [0.29, 0.717) is 17.4 Å². The summed E-state index contributed by atoms with van der Waals surface area (Å²) in [4.78, 5) is 0.993. The van der Waals surface area contributed by atoms with Crippen molar-refractivity contribution in [1.82, 2.24) is 0 Å². The van der Waals surface area contributed by atoms with Crippen molar-refractivity contribution in [3.05, 3.63) is 23.8 Å². The standard InChI is InChI=1S/C12H14N2OS/c13-7-9-6-10(14)3-4-12(9)16-8-11-2-1-5-15-11/h3-4,6,11H,1-2,5,8,14H2. The van der Waals surface area contributed by atoms with Crippen LogP contribution in [0.15, 0.2) is 23.1 Å². The number of nitriles is 1. The summed E-state index contributed by atoms with van der Waals surface area (Å²) >= 11 is 1.67. The Kier molecular flexibility index (Phi) is 3.70. The highest BCUT2D eigenvalue weighted by atomic mass is 32.2. The van der Waals surface area contributed by atoms with E-state index in [1.54, 1.807) is 17.8 Å². The highest BCUT2D eigenvalue weighted by molar-refractivity contribution is 7.99. The van der Waals surface area contributed by atoms with Gasteiger partial charge in [0.05, 0.1) is 11.7 Å². The summed E-state index contributed by atoms with van der Waals surface area (Å²) in [5, 5.41) is 8.98. The van der Waals surface area contributed by atoms with Crippen molar-refractivity contribution in [1.29, 1.82) is 5.26 Å². The molecule has 0 aromatic heterocycles. The Morgan fingerprint density at radius 2 is 2.44 bits per heavy atom. The lowest BCUT2D eigenvalue weighted by Crippen LogP contribution is -2.07. The average molecular weight is 234 g/mol. The third-order valence-corrected chi connectivity index (χ3v) is 3.78. The zero-order valence-electron chi connectivity index (χ0n) is 8.98. The fraction of sp³-hybridized carbons (Fsp3) is 0.417. The zero-order valence-corrected chi connectivity index (χ0v) is 9.80.